The van der Waals surface area contributed by atoms with Gasteiger partial charge in [0.25, 0.3) is 0 Å². The Kier molecular flexibility index (Phi) is 6.33. The number of benzene rings is 1. The van der Waals surface area contributed by atoms with E-state index in [2.05, 4.69) is 4.90 Å². The molecule has 1 fully saturated rings. The Morgan fingerprint density at radius 2 is 2.05 bits per heavy atom. The molecule has 1 aromatic carbocycles. The van der Waals surface area contributed by atoms with Gasteiger partial charge in [-0.25, -0.2) is 4.39 Å². The molecular weight excluding hydrogens is 269 g/mol. The smallest absolute Gasteiger partial charge is 0.162 e. The number of aliphatic hydroxyl groups is 1. The first kappa shape index (κ1) is 16.1. The third kappa shape index (κ3) is 4.90. The van der Waals surface area contributed by atoms with E-state index in [9.17, 15) is 9.18 Å². The largest absolute Gasteiger partial charge is 0.396 e. The first-order valence-electron chi connectivity index (χ1n) is 7.84. The van der Waals surface area contributed by atoms with Gasteiger partial charge < -0.3 is 10.0 Å². The summed E-state index contributed by atoms with van der Waals surface area (Å²) in [5.41, 5.74) is 0.592. The molecule has 0 radical (unpaired) electrons. The zero-order chi connectivity index (χ0) is 15.1. The number of likely N-dealkylation sites (tertiary alicyclic amines) is 1. The van der Waals surface area contributed by atoms with Crippen LogP contribution in [0, 0.1) is 5.82 Å². The molecule has 0 bridgehead atoms. The van der Waals surface area contributed by atoms with Crippen molar-refractivity contribution in [2.24, 2.45) is 0 Å². The fraction of sp³-hybridized carbons (Fsp3) is 0.588. The molecule has 1 atom stereocenters. The van der Waals surface area contributed by atoms with E-state index < -0.39 is 0 Å². The van der Waals surface area contributed by atoms with Crippen LogP contribution >= 0.6 is 0 Å². The SMILES string of the molecule is O=C(CCCN1CCCC1CCCO)c1ccc(F)cc1. The minimum Gasteiger partial charge on any atom is -0.396 e. The first-order chi connectivity index (χ1) is 10.2. The number of ketones is 1. The van der Waals surface area contributed by atoms with Crippen molar-refractivity contribution in [3.05, 3.63) is 35.6 Å². The molecule has 0 amide bonds. The van der Waals surface area contributed by atoms with E-state index >= 15 is 0 Å². The number of aliphatic hydroxyl groups excluding tert-OH is 1. The summed E-state index contributed by atoms with van der Waals surface area (Å²) in [6.45, 7) is 2.29. The van der Waals surface area contributed by atoms with Crippen molar-refractivity contribution in [2.75, 3.05) is 19.7 Å². The van der Waals surface area contributed by atoms with Crippen LogP contribution in [0.5, 0.6) is 0 Å². The van der Waals surface area contributed by atoms with Gasteiger partial charge >= 0.3 is 0 Å². The van der Waals surface area contributed by atoms with Gasteiger partial charge in [0.05, 0.1) is 0 Å². The Bertz CT molecular complexity index is 447. The van der Waals surface area contributed by atoms with Crippen LogP contribution in [-0.2, 0) is 0 Å². The van der Waals surface area contributed by atoms with E-state index in [-0.39, 0.29) is 18.2 Å². The molecule has 0 saturated carbocycles. The highest BCUT2D eigenvalue weighted by Gasteiger charge is 2.23. The van der Waals surface area contributed by atoms with Gasteiger partial charge in [-0.2, -0.15) is 0 Å². The van der Waals surface area contributed by atoms with Crippen LogP contribution in [0.25, 0.3) is 0 Å². The van der Waals surface area contributed by atoms with E-state index in [0.29, 0.717) is 18.0 Å². The lowest BCUT2D eigenvalue weighted by Crippen LogP contribution is -2.30. The normalized spacial score (nSPS) is 19.0. The van der Waals surface area contributed by atoms with Gasteiger partial charge in [-0.15, -0.1) is 0 Å². The molecule has 3 nitrogen and oxygen atoms in total. The van der Waals surface area contributed by atoms with Crippen molar-refractivity contribution in [1.82, 2.24) is 4.90 Å². The summed E-state index contributed by atoms with van der Waals surface area (Å²) in [4.78, 5) is 14.4. The second-order valence-corrected chi connectivity index (χ2v) is 5.73. The summed E-state index contributed by atoms with van der Waals surface area (Å²) in [6, 6.07) is 6.34. The molecule has 1 saturated heterocycles. The van der Waals surface area contributed by atoms with Crippen molar-refractivity contribution >= 4 is 5.78 Å². The van der Waals surface area contributed by atoms with Gasteiger partial charge in [-0.05, 0) is 69.5 Å². The third-order valence-electron chi connectivity index (χ3n) is 4.21. The molecule has 1 aliphatic heterocycles. The van der Waals surface area contributed by atoms with E-state index in [4.69, 9.17) is 5.11 Å². The highest BCUT2D eigenvalue weighted by Crippen LogP contribution is 2.21. The van der Waals surface area contributed by atoms with E-state index in [1.54, 1.807) is 12.1 Å². The summed E-state index contributed by atoms with van der Waals surface area (Å²) < 4.78 is 12.8. The average molecular weight is 293 g/mol. The quantitative estimate of drug-likeness (QED) is 0.749. The van der Waals surface area contributed by atoms with E-state index in [0.717, 1.165) is 32.4 Å². The maximum absolute atomic E-state index is 12.8. The van der Waals surface area contributed by atoms with Crippen LogP contribution in [0.4, 0.5) is 4.39 Å². The molecule has 0 spiro atoms. The van der Waals surface area contributed by atoms with Crippen LogP contribution in [-0.4, -0.2) is 41.5 Å². The van der Waals surface area contributed by atoms with E-state index in [1.165, 1.54) is 25.0 Å². The molecule has 0 aromatic heterocycles. The molecule has 116 valence electrons. The van der Waals surface area contributed by atoms with Gasteiger partial charge in [0.15, 0.2) is 5.78 Å². The average Bonchev–Trinajstić information content (AvgIpc) is 2.93. The van der Waals surface area contributed by atoms with Crippen LogP contribution in [0.2, 0.25) is 0 Å². The monoisotopic (exact) mass is 293 g/mol. The molecule has 0 aliphatic carbocycles. The molecule has 1 N–H and O–H groups in total. The summed E-state index contributed by atoms with van der Waals surface area (Å²) in [7, 11) is 0. The van der Waals surface area contributed by atoms with Crippen LogP contribution in [0.15, 0.2) is 24.3 Å². The number of hydrogen-bond donors (Lipinski definition) is 1. The van der Waals surface area contributed by atoms with Gasteiger partial charge in [-0.3, -0.25) is 4.79 Å². The zero-order valence-corrected chi connectivity index (χ0v) is 12.4. The van der Waals surface area contributed by atoms with Gasteiger partial charge in [0.2, 0.25) is 0 Å². The van der Waals surface area contributed by atoms with Gasteiger partial charge in [0, 0.05) is 24.6 Å². The van der Waals surface area contributed by atoms with E-state index in [1.807, 2.05) is 0 Å². The fourth-order valence-electron chi connectivity index (χ4n) is 3.07. The Labute approximate surface area is 125 Å². The minimum absolute atomic E-state index is 0.0844. The summed E-state index contributed by atoms with van der Waals surface area (Å²) >= 11 is 0. The predicted molar refractivity (Wildman–Crippen MR) is 80.9 cm³/mol. The molecule has 2 rings (SSSR count). The fourth-order valence-corrected chi connectivity index (χ4v) is 3.07. The van der Waals surface area contributed by atoms with Crippen molar-refractivity contribution in [3.63, 3.8) is 0 Å². The summed E-state index contributed by atoms with van der Waals surface area (Å²) in [6.07, 6.45) is 5.66. The summed E-state index contributed by atoms with van der Waals surface area (Å²) in [5.74, 6) is -0.226. The van der Waals surface area contributed by atoms with Crippen LogP contribution in [0.1, 0.15) is 48.9 Å². The molecule has 1 aliphatic rings. The Balaban J connectivity index is 1.73. The maximum atomic E-state index is 12.8. The number of hydrogen-bond acceptors (Lipinski definition) is 3. The van der Waals surface area contributed by atoms with Crippen molar-refractivity contribution in [1.29, 1.82) is 0 Å². The standard InChI is InChI=1S/C17H24FNO2/c18-15-9-7-14(8-10-15)17(21)6-2-12-19-11-1-4-16(19)5-3-13-20/h7-10,16,20H,1-6,11-13H2. The van der Waals surface area contributed by atoms with Crippen molar-refractivity contribution in [2.45, 2.75) is 44.6 Å². The van der Waals surface area contributed by atoms with Gasteiger partial charge in [0.1, 0.15) is 5.82 Å². The maximum Gasteiger partial charge on any atom is 0.162 e. The second-order valence-electron chi connectivity index (χ2n) is 5.73. The Hall–Kier alpha value is -1.26. The number of nitrogens with zero attached hydrogens (tertiary/aromatic N) is 1. The molecule has 1 aromatic rings. The topological polar surface area (TPSA) is 40.5 Å². The minimum atomic E-state index is -0.310. The molecule has 4 heteroatoms. The lowest BCUT2D eigenvalue weighted by Gasteiger charge is -2.24. The number of rotatable bonds is 8. The Morgan fingerprint density at radius 3 is 2.76 bits per heavy atom. The van der Waals surface area contributed by atoms with Crippen molar-refractivity contribution in [3.8, 4) is 0 Å². The molecule has 1 unspecified atom stereocenters. The number of carbonyl (C=O) groups excluding carboxylic acids is 1. The first-order valence-corrected chi connectivity index (χ1v) is 7.84. The molecular formula is C17H24FNO2. The predicted octanol–water partition coefficient (Wildman–Crippen LogP) is 3.03. The lowest BCUT2D eigenvalue weighted by atomic mass is 10.1. The highest BCUT2D eigenvalue weighted by atomic mass is 19.1. The van der Waals surface area contributed by atoms with Gasteiger partial charge in [-0.1, -0.05) is 0 Å². The third-order valence-corrected chi connectivity index (χ3v) is 4.21. The highest BCUT2D eigenvalue weighted by molar-refractivity contribution is 5.95. The van der Waals surface area contributed by atoms with Crippen LogP contribution in [0.3, 0.4) is 0 Å². The molecule has 21 heavy (non-hydrogen) atoms. The number of carbonyl (C=O) groups is 1. The lowest BCUT2D eigenvalue weighted by molar-refractivity contribution is 0.0973. The van der Waals surface area contributed by atoms with Crippen molar-refractivity contribution < 1.29 is 14.3 Å². The summed E-state index contributed by atoms with van der Waals surface area (Å²) in [5, 5.41) is 8.92. The molecule has 1 heterocycles. The second kappa shape index (κ2) is 8.25. The van der Waals surface area contributed by atoms with Crippen LogP contribution < -0.4 is 0 Å². The zero-order valence-electron chi connectivity index (χ0n) is 12.4. The number of Topliss-reactive ketones (excluding diaryl/α,β-unsaturated/α-hetero) is 1. The Morgan fingerprint density at radius 1 is 1.29 bits per heavy atom. The number of halogens is 1.